The lowest BCUT2D eigenvalue weighted by Crippen LogP contribution is -2.45. The van der Waals surface area contributed by atoms with Crippen LogP contribution in [0.25, 0.3) is 10.9 Å². The molecule has 1 aliphatic rings. The first-order valence-electron chi connectivity index (χ1n) is 12.0. The molecule has 186 valence electrons. The molecule has 0 saturated carbocycles. The van der Waals surface area contributed by atoms with Crippen molar-refractivity contribution in [2.24, 2.45) is 0 Å². The number of aromatic amines is 1. The molecule has 3 atom stereocenters. The minimum atomic E-state index is -0.264. The highest BCUT2D eigenvalue weighted by Crippen LogP contribution is 2.25. The first-order chi connectivity index (χ1) is 17.4. The number of morpholine rings is 1. The Morgan fingerprint density at radius 2 is 1.78 bits per heavy atom. The second-order valence-electron chi connectivity index (χ2n) is 9.21. The van der Waals surface area contributed by atoms with E-state index in [1.807, 2.05) is 48.7 Å². The minimum absolute atomic E-state index is 0.0939. The summed E-state index contributed by atoms with van der Waals surface area (Å²) in [5.74, 6) is -0.0608. The lowest BCUT2D eigenvalue weighted by atomic mass is 10.1. The number of fused-ring (bicyclic) bond motifs is 1. The van der Waals surface area contributed by atoms with Crippen molar-refractivity contribution in [3.63, 3.8) is 0 Å². The van der Waals surface area contributed by atoms with Gasteiger partial charge in [-0.1, -0.05) is 6.07 Å². The normalized spacial score (nSPS) is 18.7. The number of rotatable bonds is 6. The number of hydrogen-bond acceptors (Lipinski definition) is 6. The second kappa shape index (κ2) is 10.1. The molecule has 0 spiro atoms. The van der Waals surface area contributed by atoms with Crippen molar-refractivity contribution in [2.45, 2.75) is 39.0 Å². The van der Waals surface area contributed by atoms with E-state index in [4.69, 9.17) is 4.74 Å². The van der Waals surface area contributed by atoms with Gasteiger partial charge in [-0.2, -0.15) is 5.10 Å². The predicted octanol–water partition coefficient (Wildman–Crippen LogP) is 4.98. The summed E-state index contributed by atoms with van der Waals surface area (Å²) in [6.45, 7) is 7.72. The lowest BCUT2D eigenvalue weighted by molar-refractivity contribution is -0.00522. The summed E-state index contributed by atoms with van der Waals surface area (Å²) in [6.07, 6.45) is 0.325. The molecule has 3 heterocycles. The standard InChI is InChI=1S/C27H29N5O3S/c1-16-14-32(15-17(2)35-16)21-9-6-19(7-10-21)26(33)29-25-22-13-20(8-11-23(22)30-31-25)27(34)28-18(3)24-5-4-12-36-24/h4-13,16-18H,14-15H2,1-3H3,(H,28,34)(H2,29,30,31,33). The Balaban J connectivity index is 1.29. The molecule has 3 unspecified atom stereocenters. The molecule has 2 aromatic carbocycles. The average molecular weight is 504 g/mol. The topological polar surface area (TPSA) is 99.4 Å². The Kier molecular flexibility index (Phi) is 6.75. The van der Waals surface area contributed by atoms with Gasteiger partial charge in [0.25, 0.3) is 11.8 Å². The van der Waals surface area contributed by atoms with Gasteiger partial charge in [0.1, 0.15) is 0 Å². The number of anilines is 2. The number of benzene rings is 2. The molecule has 1 aliphatic heterocycles. The smallest absolute Gasteiger partial charge is 0.256 e. The van der Waals surface area contributed by atoms with Gasteiger partial charge in [0, 0.05) is 40.2 Å². The van der Waals surface area contributed by atoms with Gasteiger partial charge >= 0.3 is 0 Å². The highest BCUT2D eigenvalue weighted by atomic mass is 32.1. The zero-order chi connectivity index (χ0) is 25.2. The molecule has 9 heteroatoms. The third-order valence-electron chi connectivity index (χ3n) is 6.29. The van der Waals surface area contributed by atoms with E-state index < -0.39 is 0 Å². The molecule has 2 aromatic heterocycles. The molecule has 5 rings (SSSR count). The SMILES string of the molecule is CC1CN(c2ccc(C(=O)Nc3n[nH]c4ccc(C(=O)NC(C)c5cccs5)cc34)cc2)CC(C)O1. The number of nitrogens with one attached hydrogen (secondary N) is 3. The van der Waals surface area contributed by atoms with Crippen molar-refractivity contribution < 1.29 is 14.3 Å². The van der Waals surface area contributed by atoms with Crippen LogP contribution < -0.4 is 15.5 Å². The van der Waals surface area contributed by atoms with Gasteiger partial charge in [-0.25, -0.2) is 0 Å². The van der Waals surface area contributed by atoms with Gasteiger partial charge < -0.3 is 20.3 Å². The number of hydrogen-bond donors (Lipinski definition) is 3. The number of carbonyl (C=O) groups is 2. The molecule has 0 bridgehead atoms. The molecule has 1 saturated heterocycles. The van der Waals surface area contributed by atoms with Crippen LogP contribution in [-0.2, 0) is 4.74 Å². The van der Waals surface area contributed by atoms with Crippen LogP contribution in [-0.4, -0.2) is 47.3 Å². The summed E-state index contributed by atoms with van der Waals surface area (Å²) >= 11 is 1.60. The maximum absolute atomic E-state index is 13.0. The summed E-state index contributed by atoms with van der Waals surface area (Å²) < 4.78 is 5.81. The molecule has 2 amide bonds. The fourth-order valence-corrected chi connectivity index (χ4v) is 5.27. The molecule has 1 fully saturated rings. The molecule has 4 aromatic rings. The van der Waals surface area contributed by atoms with Gasteiger partial charge in [0.15, 0.2) is 5.82 Å². The van der Waals surface area contributed by atoms with Gasteiger partial charge in [-0.3, -0.25) is 14.7 Å². The number of aromatic nitrogens is 2. The molecule has 8 nitrogen and oxygen atoms in total. The van der Waals surface area contributed by atoms with Crippen molar-refractivity contribution in [2.75, 3.05) is 23.3 Å². The van der Waals surface area contributed by atoms with E-state index in [0.717, 1.165) is 29.2 Å². The van der Waals surface area contributed by atoms with E-state index in [0.29, 0.717) is 22.3 Å². The Morgan fingerprint density at radius 1 is 1.06 bits per heavy atom. The van der Waals surface area contributed by atoms with Crippen molar-refractivity contribution >= 4 is 45.6 Å². The van der Waals surface area contributed by atoms with E-state index in [-0.39, 0.29) is 30.1 Å². The van der Waals surface area contributed by atoms with Crippen molar-refractivity contribution in [3.05, 3.63) is 76.0 Å². The molecule has 3 N–H and O–H groups in total. The number of nitrogens with zero attached hydrogens (tertiary/aromatic N) is 2. The van der Waals surface area contributed by atoms with Crippen LogP contribution in [0.1, 0.15) is 52.4 Å². The van der Waals surface area contributed by atoms with E-state index in [1.165, 1.54) is 0 Å². The second-order valence-corrected chi connectivity index (χ2v) is 10.2. The van der Waals surface area contributed by atoms with Crippen LogP contribution in [0.5, 0.6) is 0 Å². The highest BCUT2D eigenvalue weighted by molar-refractivity contribution is 7.10. The third-order valence-corrected chi connectivity index (χ3v) is 7.34. The first-order valence-corrected chi connectivity index (χ1v) is 12.9. The fraction of sp³-hybridized carbons (Fsp3) is 0.296. The Hall–Kier alpha value is -3.69. The van der Waals surface area contributed by atoms with Crippen LogP contribution in [0.2, 0.25) is 0 Å². The highest BCUT2D eigenvalue weighted by Gasteiger charge is 2.22. The summed E-state index contributed by atoms with van der Waals surface area (Å²) in [6, 6.07) is 16.7. The minimum Gasteiger partial charge on any atom is -0.372 e. The van der Waals surface area contributed by atoms with Gasteiger partial charge in [0.2, 0.25) is 0 Å². The van der Waals surface area contributed by atoms with E-state index in [2.05, 4.69) is 39.6 Å². The van der Waals surface area contributed by atoms with E-state index >= 15 is 0 Å². The van der Waals surface area contributed by atoms with Crippen LogP contribution in [0.15, 0.2) is 60.0 Å². The van der Waals surface area contributed by atoms with Gasteiger partial charge in [0.05, 0.1) is 23.8 Å². The largest absolute Gasteiger partial charge is 0.372 e. The maximum atomic E-state index is 13.0. The predicted molar refractivity (Wildman–Crippen MR) is 143 cm³/mol. The summed E-state index contributed by atoms with van der Waals surface area (Å²) in [7, 11) is 0. The zero-order valence-corrected chi connectivity index (χ0v) is 21.3. The van der Waals surface area contributed by atoms with E-state index in [1.54, 1.807) is 29.5 Å². The monoisotopic (exact) mass is 503 g/mol. The van der Waals surface area contributed by atoms with Crippen LogP contribution in [0.4, 0.5) is 11.5 Å². The number of H-pyrrole nitrogens is 1. The lowest BCUT2D eigenvalue weighted by Gasteiger charge is -2.36. The average Bonchev–Trinajstić information content (AvgIpc) is 3.54. The zero-order valence-electron chi connectivity index (χ0n) is 20.4. The summed E-state index contributed by atoms with van der Waals surface area (Å²) in [5, 5.41) is 15.7. The Labute approximate surface area is 213 Å². The molecular formula is C27H29N5O3S. The van der Waals surface area contributed by atoms with Gasteiger partial charge in [-0.05, 0) is 74.7 Å². The van der Waals surface area contributed by atoms with Crippen LogP contribution in [0.3, 0.4) is 0 Å². The molecule has 0 radical (unpaired) electrons. The first kappa shape index (κ1) is 24.0. The van der Waals surface area contributed by atoms with Crippen molar-refractivity contribution in [1.82, 2.24) is 15.5 Å². The number of ether oxygens (including phenoxy) is 1. The fourth-order valence-electron chi connectivity index (χ4n) is 4.53. The Morgan fingerprint density at radius 3 is 2.47 bits per heavy atom. The quantitative estimate of drug-likeness (QED) is 0.345. The summed E-state index contributed by atoms with van der Waals surface area (Å²) in [4.78, 5) is 29.2. The van der Waals surface area contributed by atoms with Crippen LogP contribution >= 0.6 is 11.3 Å². The van der Waals surface area contributed by atoms with Gasteiger partial charge in [-0.15, -0.1) is 11.3 Å². The number of carbonyl (C=O) groups excluding carboxylic acids is 2. The molecule has 0 aliphatic carbocycles. The maximum Gasteiger partial charge on any atom is 0.256 e. The Bertz CT molecular complexity index is 1360. The summed E-state index contributed by atoms with van der Waals surface area (Å²) in [5.41, 5.74) is 2.83. The van der Waals surface area contributed by atoms with Crippen molar-refractivity contribution in [3.8, 4) is 0 Å². The molecule has 36 heavy (non-hydrogen) atoms. The van der Waals surface area contributed by atoms with Crippen molar-refractivity contribution in [1.29, 1.82) is 0 Å². The number of thiophene rings is 1. The third kappa shape index (κ3) is 5.12. The number of amides is 2. The molecular weight excluding hydrogens is 474 g/mol. The van der Waals surface area contributed by atoms with E-state index in [9.17, 15) is 9.59 Å². The van der Waals surface area contributed by atoms with Crippen LogP contribution in [0, 0.1) is 0 Å².